The first kappa shape index (κ1) is 50.6. The maximum atomic E-state index is 16.7. The summed E-state index contributed by atoms with van der Waals surface area (Å²) in [5.41, 5.74) is 15.3. The number of hydrogen-bond donors (Lipinski definition) is 4. The number of anilines is 2. The Balaban J connectivity index is 0.927. The summed E-state index contributed by atoms with van der Waals surface area (Å²) < 4.78 is 55.5. The van der Waals surface area contributed by atoms with E-state index in [9.17, 15) is 19.2 Å². The van der Waals surface area contributed by atoms with Gasteiger partial charge in [-0.2, -0.15) is 0 Å². The summed E-state index contributed by atoms with van der Waals surface area (Å²) in [4.78, 5) is 77.2. The summed E-state index contributed by atoms with van der Waals surface area (Å²) in [6.07, 6.45) is 4.45. The second-order valence-corrected chi connectivity index (χ2v) is 21.7. The van der Waals surface area contributed by atoms with Crippen LogP contribution in [0, 0.1) is 29.4 Å². The van der Waals surface area contributed by atoms with Crippen LogP contribution in [0.1, 0.15) is 132 Å². The quantitative estimate of drug-likeness (QED) is 0.0925. The van der Waals surface area contributed by atoms with Crippen LogP contribution in [0.15, 0.2) is 48.5 Å². The molecule has 4 unspecified atom stereocenters. The molecule has 400 valence electrons. The molecule has 8 heterocycles. The molecule has 6 N–H and O–H groups in total. The van der Waals surface area contributed by atoms with E-state index in [-0.39, 0.29) is 47.3 Å². The fourth-order valence-corrected chi connectivity index (χ4v) is 13.4. The number of nitrogens with two attached hydrogens (primary N) is 2. The predicted molar refractivity (Wildman–Crippen MR) is 274 cm³/mol. The first-order chi connectivity index (χ1) is 36.3. The van der Waals surface area contributed by atoms with Gasteiger partial charge in [0.2, 0.25) is 0 Å². The van der Waals surface area contributed by atoms with Crippen molar-refractivity contribution in [2.24, 2.45) is 29.2 Å². The standard InChI is InChI=1S/C55H68F2N10O8/c1-31-26-45(34-10-12-39-41(27-34)62-49(60-39)43-8-6-20-65(43)51(68)47(74-53(58)70)32-14-22-72-23-15-32)67(36-29-37(56)46(38(57)30-36)64-18-4-3-5-19-64)55(31,2)35-11-13-40-42(28-35)63-50(61-40)44-9-7-21-66(44)52(69)48(75-54(59)71)33-16-24-73-25-17-33/h10-13,27-33,43-45,47-48H,3-9,14-26H2,1-2H3,(H2,58,70)(H2,59,71)(H,60,62)(H,61,63)/t31?,43?,44?,45?,47-,48-,55+/m0/s1. The lowest BCUT2D eigenvalue weighted by Gasteiger charge is -2.43. The highest BCUT2D eigenvalue weighted by atomic mass is 19.1. The number of hydrogen-bond acceptors (Lipinski definition) is 12. The number of benzene rings is 3. The topological polar surface area (TPSA) is 228 Å². The third-order valence-corrected chi connectivity index (χ3v) is 17.4. The van der Waals surface area contributed by atoms with E-state index in [1.165, 1.54) is 12.1 Å². The maximum absolute atomic E-state index is 16.7. The molecule has 0 saturated carbocycles. The lowest BCUT2D eigenvalue weighted by atomic mass is 9.81. The number of nitrogens with zero attached hydrogens (tertiary/aromatic N) is 6. The number of ether oxygens (including phenoxy) is 4. The van der Waals surface area contributed by atoms with Gasteiger partial charge in [0.15, 0.2) is 23.8 Å². The molecule has 6 saturated heterocycles. The van der Waals surface area contributed by atoms with Gasteiger partial charge in [0.1, 0.15) is 17.3 Å². The van der Waals surface area contributed by atoms with Crippen LogP contribution in [0.5, 0.6) is 0 Å². The van der Waals surface area contributed by atoms with Gasteiger partial charge in [0, 0.05) is 70.1 Å². The number of aromatic amines is 2. The van der Waals surface area contributed by atoms with E-state index >= 15 is 8.78 Å². The molecule has 0 aliphatic carbocycles. The second kappa shape index (κ2) is 20.9. The van der Waals surface area contributed by atoms with Gasteiger partial charge in [-0.15, -0.1) is 0 Å². The average Bonchev–Trinajstić information content (AvgIpc) is 4.30. The minimum Gasteiger partial charge on any atom is -0.436 e. The molecule has 5 aromatic rings. The third kappa shape index (κ3) is 9.61. The fourth-order valence-electron chi connectivity index (χ4n) is 13.4. The Kier molecular flexibility index (Phi) is 14.1. The molecular formula is C55H68F2N10O8. The number of aromatic nitrogens is 4. The molecule has 3 aromatic carbocycles. The van der Waals surface area contributed by atoms with Gasteiger partial charge >= 0.3 is 12.2 Å². The largest absolute Gasteiger partial charge is 0.436 e. The molecule has 75 heavy (non-hydrogen) atoms. The Hall–Kier alpha value is -6.54. The number of likely N-dealkylation sites (tertiary alicyclic amines) is 2. The molecule has 0 bridgehead atoms. The van der Waals surface area contributed by atoms with Crippen LogP contribution in [-0.4, -0.2) is 119 Å². The number of rotatable bonds is 12. The van der Waals surface area contributed by atoms with Gasteiger partial charge in [-0.25, -0.2) is 28.3 Å². The zero-order valence-electron chi connectivity index (χ0n) is 42.7. The van der Waals surface area contributed by atoms with E-state index in [2.05, 4.69) is 40.8 Å². The Morgan fingerprint density at radius 3 is 1.69 bits per heavy atom. The molecule has 20 heteroatoms. The van der Waals surface area contributed by atoms with Crippen LogP contribution in [0.2, 0.25) is 0 Å². The summed E-state index contributed by atoms with van der Waals surface area (Å²) in [6.45, 7) is 8.29. The molecule has 2 aromatic heterocycles. The van der Waals surface area contributed by atoms with E-state index < -0.39 is 47.6 Å². The SMILES string of the molecule is CC1CC(c2ccc3nc(C4CCCN4C(=O)[C@@H](OC(N)=O)C4CCOCC4)[nH]c3c2)N(c2cc(F)c(N3CCCCC3)c(F)c2)[C@@]1(C)c1ccc2nc(C3CCCN3C(=O)[C@@H](OC(N)=O)C3CCOCC3)[nH]c2c1. The lowest BCUT2D eigenvalue weighted by molar-refractivity contribution is -0.146. The summed E-state index contributed by atoms with van der Waals surface area (Å²) in [5.74, 6) is -1.06. The van der Waals surface area contributed by atoms with Crippen molar-refractivity contribution in [1.29, 1.82) is 0 Å². The number of halogens is 2. The molecule has 7 atom stereocenters. The number of primary amides is 2. The molecule has 11 rings (SSSR count). The average molecular weight is 1040 g/mol. The minimum absolute atomic E-state index is 0.00109. The smallest absolute Gasteiger partial charge is 0.405 e. The summed E-state index contributed by atoms with van der Waals surface area (Å²) >= 11 is 0. The van der Waals surface area contributed by atoms with Gasteiger partial charge in [-0.1, -0.05) is 19.1 Å². The Labute approximate surface area is 434 Å². The highest BCUT2D eigenvalue weighted by Crippen LogP contribution is 2.55. The monoisotopic (exact) mass is 1030 g/mol. The normalized spacial score (nSPS) is 25.8. The Morgan fingerprint density at radius 2 is 1.17 bits per heavy atom. The number of carbonyl (C=O) groups is 4. The van der Waals surface area contributed by atoms with E-state index in [0.717, 1.165) is 54.3 Å². The fraction of sp³-hybridized carbons (Fsp3) is 0.564. The highest BCUT2D eigenvalue weighted by Gasteiger charge is 2.51. The van der Waals surface area contributed by atoms with Gasteiger partial charge in [0.05, 0.1) is 45.7 Å². The molecule has 6 fully saturated rings. The Morgan fingerprint density at radius 1 is 0.667 bits per heavy atom. The molecule has 4 amide bonds. The number of fused-ring (bicyclic) bond motifs is 2. The number of H-pyrrole nitrogens is 2. The molecule has 0 spiro atoms. The second-order valence-electron chi connectivity index (χ2n) is 21.7. The van der Waals surface area contributed by atoms with Crippen molar-refractivity contribution in [3.05, 3.63) is 82.9 Å². The number of carbonyl (C=O) groups excluding carboxylic acids is 4. The van der Waals surface area contributed by atoms with Crippen molar-refractivity contribution in [1.82, 2.24) is 29.7 Å². The summed E-state index contributed by atoms with van der Waals surface area (Å²) in [7, 11) is 0. The van der Waals surface area contributed by atoms with Crippen LogP contribution >= 0.6 is 0 Å². The van der Waals surface area contributed by atoms with Crippen LogP contribution in [-0.2, 0) is 34.1 Å². The van der Waals surface area contributed by atoms with Gasteiger partial charge in [-0.05, 0) is 137 Å². The number of nitrogens with one attached hydrogen (secondary N) is 2. The zero-order chi connectivity index (χ0) is 52.1. The number of amides is 4. The first-order valence-electron chi connectivity index (χ1n) is 27.0. The molecule has 18 nitrogen and oxygen atoms in total. The Bertz CT molecular complexity index is 2930. The maximum Gasteiger partial charge on any atom is 0.405 e. The molecule has 0 radical (unpaired) electrons. The van der Waals surface area contributed by atoms with Crippen molar-refractivity contribution in [2.45, 2.75) is 127 Å². The molecular weight excluding hydrogens is 967 g/mol. The van der Waals surface area contributed by atoms with Crippen LogP contribution in [0.25, 0.3) is 22.1 Å². The summed E-state index contributed by atoms with van der Waals surface area (Å²) in [5, 5.41) is 0. The highest BCUT2D eigenvalue weighted by molar-refractivity contribution is 5.86. The van der Waals surface area contributed by atoms with Gasteiger partial charge in [-0.3, -0.25) is 9.59 Å². The van der Waals surface area contributed by atoms with Gasteiger partial charge in [0.25, 0.3) is 11.8 Å². The van der Waals surface area contributed by atoms with Crippen molar-refractivity contribution in [2.75, 3.05) is 62.4 Å². The van der Waals surface area contributed by atoms with Crippen LogP contribution in [0.4, 0.5) is 29.7 Å². The minimum atomic E-state index is -1.02. The van der Waals surface area contributed by atoms with Crippen LogP contribution < -0.4 is 21.3 Å². The zero-order valence-corrected chi connectivity index (χ0v) is 42.7. The van der Waals surface area contributed by atoms with E-state index in [1.807, 2.05) is 29.2 Å². The lowest BCUT2D eigenvalue weighted by Crippen LogP contribution is -2.47. The number of imidazole rings is 2. The number of piperidine rings is 1. The van der Waals surface area contributed by atoms with Crippen molar-refractivity contribution in [3.63, 3.8) is 0 Å². The van der Waals surface area contributed by atoms with E-state index in [0.29, 0.717) is 126 Å². The predicted octanol–water partition coefficient (Wildman–Crippen LogP) is 8.32. The summed E-state index contributed by atoms with van der Waals surface area (Å²) in [6, 6.07) is 13.9. The van der Waals surface area contributed by atoms with Crippen molar-refractivity contribution >= 4 is 57.4 Å². The third-order valence-electron chi connectivity index (χ3n) is 17.4. The first-order valence-corrected chi connectivity index (χ1v) is 27.0. The van der Waals surface area contributed by atoms with E-state index in [4.69, 9.17) is 40.4 Å². The van der Waals surface area contributed by atoms with Gasteiger partial charge < -0.3 is 60.0 Å². The van der Waals surface area contributed by atoms with Crippen molar-refractivity contribution in [3.8, 4) is 0 Å². The van der Waals surface area contributed by atoms with Crippen molar-refractivity contribution < 1.29 is 46.9 Å². The van der Waals surface area contributed by atoms with E-state index in [1.54, 1.807) is 9.80 Å². The van der Waals surface area contributed by atoms with Crippen LogP contribution in [0.3, 0.4) is 0 Å². The molecule has 6 aliphatic heterocycles. The molecule has 6 aliphatic rings.